The SMILES string of the molecule is CC1CCCC(N(CCO)CC2CCCN2)C1. The standard InChI is InChI=1S/C14H28N2O/c1-12-4-2-6-14(10-12)16(8-9-17)11-13-5-3-7-15-13/h12-15,17H,2-11H2,1H3. The fourth-order valence-corrected chi connectivity index (χ4v) is 3.48. The van der Waals surface area contributed by atoms with E-state index in [1.54, 1.807) is 0 Å². The smallest absolute Gasteiger partial charge is 0.0558 e. The van der Waals surface area contributed by atoms with Gasteiger partial charge in [0.2, 0.25) is 0 Å². The van der Waals surface area contributed by atoms with Crippen LogP contribution >= 0.6 is 0 Å². The van der Waals surface area contributed by atoms with Gasteiger partial charge in [0.05, 0.1) is 6.61 Å². The van der Waals surface area contributed by atoms with E-state index in [9.17, 15) is 5.11 Å². The highest BCUT2D eigenvalue weighted by molar-refractivity contribution is 4.84. The highest BCUT2D eigenvalue weighted by Crippen LogP contribution is 2.27. The quantitative estimate of drug-likeness (QED) is 0.766. The van der Waals surface area contributed by atoms with Crippen LogP contribution in [-0.4, -0.2) is 48.3 Å². The maximum Gasteiger partial charge on any atom is 0.0558 e. The van der Waals surface area contributed by atoms with Crippen LogP contribution in [0.1, 0.15) is 45.4 Å². The fraction of sp³-hybridized carbons (Fsp3) is 1.00. The summed E-state index contributed by atoms with van der Waals surface area (Å²) >= 11 is 0. The van der Waals surface area contributed by atoms with Gasteiger partial charge in [-0.15, -0.1) is 0 Å². The van der Waals surface area contributed by atoms with Crippen molar-refractivity contribution < 1.29 is 5.11 Å². The van der Waals surface area contributed by atoms with Crippen LogP contribution in [0.2, 0.25) is 0 Å². The zero-order valence-corrected chi connectivity index (χ0v) is 11.2. The minimum atomic E-state index is 0.303. The third-order valence-electron chi connectivity index (χ3n) is 4.43. The molecule has 2 aliphatic rings. The van der Waals surface area contributed by atoms with Crippen LogP contribution in [0.5, 0.6) is 0 Å². The van der Waals surface area contributed by atoms with E-state index in [0.717, 1.165) is 19.0 Å². The molecule has 2 fully saturated rings. The molecule has 2 N–H and O–H groups in total. The molecule has 0 radical (unpaired) electrons. The van der Waals surface area contributed by atoms with Crippen molar-refractivity contribution in [2.45, 2.75) is 57.5 Å². The Bertz CT molecular complexity index is 216. The lowest BCUT2D eigenvalue weighted by Gasteiger charge is -2.37. The van der Waals surface area contributed by atoms with Crippen LogP contribution in [0.15, 0.2) is 0 Å². The van der Waals surface area contributed by atoms with Gasteiger partial charge in [-0.05, 0) is 38.1 Å². The Morgan fingerprint density at radius 1 is 1.24 bits per heavy atom. The van der Waals surface area contributed by atoms with E-state index in [2.05, 4.69) is 17.1 Å². The molecule has 1 aliphatic carbocycles. The lowest BCUT2D eigenvalue weighted by Crippen LogP contribution is -2.46. The zero-order valence-electron chi connectivity index (χ0n) is 11.2. The van der Waals surface area contributed by atoms with Crippen molar-refractivity contribution in [2.75, 3.05) is 26.2 Å². The first-order valence-electron chi connectivity index (χ1n) is 7.38. The first-order chi connectivity index (χ1) is 8.29. The normalized spacial score (nSPS) is 34.4. The first-order valence-corrected chi connectivity index (χ1v) is 7.38. The maximum atomic E-state index is 9.25. The van der Waals surface area contributed by atoms with Crippen LogP contribution < -0.4 is 5.32 Å². The largest absolute Gasteiger partial charge is 0.395 e. The van der Waals surface area contributed by atoms with Crippen LogP contribution in [-0.2, 0) is 0 Å². The van der Waals surface area contributed by atoms with Crippen molar-refractivity contribution in [1.29, 1.82) is 0 Å². The van der Waals surface area contributed by atoms with E-state index in [0.29, 0.717) is 18.7 Å². The third kappa shape index (κ3) is 3.94. The summed E-state index contributed by atoms with van der Waals surface area (Å²) in [5.41, 5.74) is 0. The summed E-state index contributed by atoms with van der Waals surface area (Å²) in [6.45, 7) is 5.85. The predicted octanol–water partition coefficient (Wildman–Crippen LogP) is 1.61. The second kappa shape index (κ2) is 6.72. The Morgan fingerprint density at radius 2 is 2.12 bits per heavy atom. The van der Waals surface area contributed by atoms with E-state index in [1.165, 1.54) is 45.1 Å². The summed E-state index contributed by atoms with van der Waals surface area (Å²) in [4.78, 5) is 2.54. The van der Waals surface area contributed by atoms with Crippen LogP contribution in [0.4, 0.5) is 0 Å². The predicted molar refractivity (Wildman–Crippen MR) is 71.1 cm³/mol. The molecule has 0 bridgehead atoms. The Labute approximate surface area is 106 Å². The molecule has 100 valence electrons. The number of nitrogens with one attached hydrogen (secondary N) is 1. The van der Waals surface area contributed by atoms with Crippen molar-refractivity contribution in [3.63, 3.8) is 0 Å². The summed E-state index contributed by atoms with van der Waals surface area (Å²) in [6.07, 6.45) is 8.05. The van der Waals surface area contributed by atoms with Crippen LogP contribution in [0, 0.1) is 5.92 Å². The summed E-state index contributed by atoms with van der Waals surface area (Å²) in [6, 6.07) is 1.38. The molecule has 0 amide bonds. The van der Waals surface area contributed by atoms with Gasteiger partial charge < -0.3 is 10.4 Å². The lowest BCUT2D eigenvalue weighted by atomic mass is 9.86. The van der Waals surface area contributed by atoms with E-state index in [1.807, 2.05) is 0 Å². The van der Waals surface area contributed by atoms with E-state index < -0.39 is 0 Å². The number of hydrogen-bond acceptors (Lipinski definition) is 3. The minimum Gasteiger partial charge on any atom is -0.395 e. The van der Waals surface area contributed by atoms with Crippen LogP contribution in [0.3, 0.4) is 0 Å². The molecular weight excluding hydrogens is 212 g/mol. The van der Waals surface area contributed by atoms with E-state index >= 15 is 0 Å². The molecular formula is C14H28N2O. The molecule has 3 nitrogen and oxygen atoms in total. The van der Waals surface area contributed by atoms with Gasteiger partial charge in [-0.25, -0.2) is 0 Å². The van der Waals surface area contributed by atoms with Gasteiger partial charge in [0.15, 0.2) is 0 Å². The van der Waals surface area contributed by atoms with Crippen molar-refractivity contribution in [3.8, 4) is 0 Å². The summed E-state index contributed by atoms with van der Waals surface area (Å²) in [5, 5.41) is 12.8. The molecule has 1 saturated carbocycles. The Kier molecular flexibility index (Phi) is 5.26. The average Bonchev–Trinajstić information content (AvgIpc) is 2.81. The number of rotatable bonds is 5. The van der Waals surface area contributed by atoms with Gasteiger partial charge in [0.1, 0.15) is 0 Å². The molecule has 0 aromatic carbocycles. The molecule has 1 aliphatic heterocycles. The van der Waals surface area contributed by atoms with Gasteiger partial charge in [0.25, 0.3) is 0 Å². The fourth-order valence-electron chi connectivity index (χ4n) is 3.48. The molecule has 2 rings (SSSR count). The molecule has 1 saturated heterocycles. The maximum absolute atomic E-state index is 9.25. The van der Waals surface area contributed by atoms with Gasteiger partial charge >= 0.3 is 0 Å². The number of aliphatic hydroxyl groups excluding tert-OH is 1. The van der Waals surface area contributed by atoms with Gasteiger partial charge in [-0.2, -0.15) is 0 Å². The van der Waals surface area contributed by atoms with Crippen molar-refractivity contribution in [3.05, 3.63) is 0 Å². The molecule has 3 unspecified atom stereocenters. The monoisotopic (exact) mass is 240 g/mol. The number of nitrogens with zero attached hydrogens (tertiary/aromatic N) is 1. The molecule has 0 aromatic heterocycles. The highest BCUT2D eigenvalue weighted by Gasteiger charge is 2.27. The second-order valence-electron chi connectivity index (χ2n) is 5.94. The van der Waals surface area contributed by atoms with Gasteiger partial charge in [-0.1, -0.05) is 19.8 Å². The van der Waals surface area contributed by atoms with Crippen molar-refractivity contribution in [2.24, 2.45) is 5.92 Å². The molecule has 0 spiro atoms. The minimum absolute atomic E-state index is 0.303. The summed E-state index contributed by atoms with van der Waals surface area (Å²) in [7, 11) is 0. The van der Waals surface area contributed by atoms with E-state index in [-0.39, 0.29) is 0 Å². The second-order valence-corrected chi connectivity index (χ2v) is 5.94. The first kappa shape index (κ1) is 13.3. The molecule has 17 heavy (non-hydrogen) atoms. The van der Waals surface area contributed by atoms with Crippen molar-refractivity contribution >= 4 is 0 Å². The Balaban J connectivity index is 1.85. The highest BCUT2D eigenvalue weighted by atomic mass is 16.3. The molecule has 1 heterocycles. The third-order valence-corrected chi connectivity index (χ3v) is 4.43. The molecule has 0 aromatic rings. The lowest BCUT2D eigenvalue weighted by molar-refractivity contribution is 0.101. The molecule has 3 heteroatoms. The van der Waals surface area contributed by atoms with Gasteiger partial charge in [-0.3, -0.25) is 4.90 Å². The Hall–Kier alpha value is -0.120. The Morgan fingerprint density at radius 3 is 2.76 bits per heavy atom. The number of aliphatic hydroxyl groups is 1. The van der Waals surface area contributed by atoms with Gasteiger partial charge in [0, 0.05) is 25.2 Å². The summed E-state index contributed by atoms with van der Waals surface area (Å²) in [5.74, 6) is 0.867. The van der Waals surface area contributed by atoms with Crippen molar-refractivity contribution in [1.82, 2.24) is 10.2 Å². The number of hydrogen-bond donors (Lipinski definition) is 2. The summed E-state index contributed by atoms with van der Waals surface area (Å²) < 4.78 is 0. The average molecular weight is 240 g/mol. The van der Waals surface area contributed by atoms with Crippen LogP contribution in [0.25, 0.3) is 0 Å². The zero-order chi connectivity index (χ0) is 12.1. The topological polar surface area (TPSA) is 35.5 Å². The van der Waals surface area contributed by atoms with E-state index in [4.69, 9.17) is 0 Å². The molecule has 3 atom stereocenters.